The van der Waals surface area contributed by atoms with Crippen molar-refractivity contribution < 1.29 is 19.1 Å². The second-order valence-electron chi connectivity index (χ2n) is 3.66. The predicted octanol–water partition coefficient (Wildman–Crippen LogP) is 1.62. The molecule has 1 N–H and O–H groups in total. The summed E-state index contributed by atoms with van der Waals surface area (Å²) in [5.41, 5.74) is 0.647. The van der Waals surface area contributed by atoms with E-state index in [0.29, 0.717) is 17.9 Å². The number of carbonyl (C=O) groups excluding carboxylic acids is 2. The summed E-state index contributed by atoms with van der Waals surface area (Å²) in [7, 11) is 2.74. The maximum Gasteiger partial charge on any atom is 0.341 e. The van der Waals surface area contributed by atoms with E-state index in [1.807, 2.05) is 6.92 Å². The van der Waals surface area contributed by atoms with E-state index in [9.17, 15) is 9.59 Å². The highest BCUT2D eigenvalue weighted by atomic mass is 16.5. The van der Waals surface area contributed by atoms with E-state index < -0.39 is 5.97 Å². The van der Waals surface area contributed by atoms with Crippen LogP contribution in [0.5, 0.6) is 5.75 Å². The summed E-state index contributed by atoms with van der Waals surface area (Å²) in [5.74, 6) is -0.365. The van der Waals surface area contributed by atoms with Crippen molar-refractivity contribution in [1.82, 2.24) is 5.32 Å². The number of esters is 1. The zero-order valence-corrected chi connectivity index (χ0v) is 10.8. The first kappa shape index (κ1) is 14.0. The molecule has 0 atom stereocenters. The van der Waals surface area contributed by atoms with Crippen LogP contribution in [0.2, 0.25) is 0 Å². The minimum atomic E-state index is -0.531. The van der Waals surface area contributed by atoms with Crippen molar-refractivity contribution in [3.63, 3.8) is 0 Å². The lowest BCUT2D eigenvalue weighted by Gasteiger charge is -2.09. The van der Waals surface area contributed by atoms with Crippen LogP contribution >= 0.6 is 0 Å². The van der Waals surface area contributed by atoms with Crippen molar-refractivity contribution in [1.29, 1.82) is 0 Å². The Kier molecular flexibility index (Phi) is 5.17. The Morgan fingerprint density at radius 2 is 2.00 bits per heavy atom. The first-order chi connectivity index (χ1) is 8.63. The van der Waals surface area contributed by atoms with Gasteiger partial charge in [-0.3, -0.25) is 4.79 Å². The van der Waals surface area contributed by atoms with Gasteiger partial charge in [0.05, 0.1) is 14.2 Å². The minimum absolute atomic E-state index is 0.218. The van der Waals surface area contributed by atoms with Gasteiger partial charge in [-0.05, 0) is 24.6 Å². The van der Waals surface area contributed by atoms with Gasteiger partial charge in [0.2, 0.25) is 0 Å². The van der Waals surface area contributed by atoms with Crippen molar-refractivity contribution in [2.75, 3.05) is 20.8 Å². The molecule has 0 aliphatic rings. The van der Waals surface area contributed by atoms with Gasteiger partial charge in [-0.1, -0.05) is 6.92 Å². The van der Waals surface area contributed by atoms with E-state index in [0.717, 1.165) is 6.42 Å². The maximum atomic E-state index is 11.8. The van der Waals surface area contributed by atoms with Crippen molar-refractivity contribution in [2.45, 2.75) is 13.3 Å². The molecule has 0 saturated heterocycles. The third-order valence-corrected chi connectivity index (χ3v) is 2.40. The number of amides is 1. The second kappa shape index (κ2) is 6.64. The van der Waals surface area contributed by atoms with Crippen LogP contribution in [0.3, 0.4) is 0 Å². The van der Waals surface area contributed by atoms with Crippen LogP contribution in [0.4, 0.5) is 0 Å². The highest BCUT2D eigenvalue weighted by molar-refractivity contribution is 5.99. The van der Waals surface area contributed by atoms with E-state index in [1.54, 1.807) is 12.1 Å². The molecule has 1 amide bonds. The van der Waals surface area contributed by atoms with Gasteiger partial charge < -0.3 is 14.8 Å². The third kappa shape index (κ3) is 3.23. The number of rotatable bonds is 5. The van der Waals surface area contributed by atoms with E-state index >= 15 is 0 Å². The maximum absolute atomic E-state index is 11.8. The molecule has 1 aromatic carbocycles. The van der Waals surface area contributed by atoms with Gasteiger partial charge in [0, 0.05) is 12.1 Å². The van der Waals surface area contributed by atoms with Crippen LogP contribution in [0, 0.1) is 0 Å². The number of hydrogen-bond donors (Lipinski definition) is 1. The van der Waals surface area contributed by atoms with E-state index in [1.165, 1.54) is 20.3 Å². The van der Waals surface area contributed by atoms with Crippen LogP contribution in [-0.2, 0) is 4.74 Å². The molecule has 0 unspecified atom stereocenters. The predicted molar refractivity (Wildman–Crippen MR) is 67.0 cm³/mol. The molecule has 98 valence electrons. The SMILES string of the molecule is CCCNC(=O)c1ccc(OC)c(C(=O)OC)c1. The zero-order chi connectivity index (χ0) is 13.5. The average Bonchev–Trinajstić information content (AvgIpc) is 2.43. The molecule has 5 nitrogen and oxygen atoms in total. The fourth-order valence-electron chi connectivity index (χ4n) is 1.46. The fraction of sp³-hybridized carbons (Fsp3) is 0.385. The number of nitrogens with one attached hydrogen (secondary N) is 1. The van der Waals surface area contributed by atoms with Crippen molar-refractivity contribution in [2.24, 2.45) is 0 Å². The van der Waals surface area contributed by atoms with Crippen molar-refractivity contribution in [3.05, 3.63) is 29.3 Å². The van der Waals surface area contributed by atoms with Crippen LogP contribution in [-0.4, -0.2) is 32.6 Å². The molecule has 0 fully saturated rings. The first-order valence-electron chi connectivity index (χ1n) is 5.68. The summed E-state index contributed by atoms with van der Waals surface area (Å²) in [6, 6.07) is 4.65. The van der Waals surface area contributed by atoms with Gasteiger partial charge in [0.15, 0.2) is 0 Å². The summed E-state index contributed by atoms with van der Waals surface area (Å²) in [4.78, 5) is 23.3. The Morgan fingerprint density at radius 3 is 2.56 bits per heavy atom. The summed E-state index contributed by atoms with van der Waals surface area (Å²) in [6.45, 7) is 2.56. The van der Waals surface area contributed by atoms with Gasteiger partial charge in [0.1, 0.15) is 11.3 Å². The minimum Gasteiger partial charge on any atom is -0.496 e. The first-order valence-corrected chi connectivity index (χ1v) is 5.68. The van der Waals surface area contributed by atoms with Gasteiger partial charge in [-0.2, -0.15) is 0 Å². The molecule has 1 aromatic rings. The number of hydrogen-bond acceptors (Lipinski definition) is 4. The molecule has 0 saturated carbocycles. The lowest BCUT2D eigenvalue weighted by molar-refractivity contribution is 0.0597. The highest BCUT2D eigenvalue weighted by Crippen LogP contribution is 2.20. The lowest BCUT2D eigenvalue weighted by atomic mass is 10.1. The Hall–Kier alpha value is -2.04. The molecule has 0 aliphatic carbocycles. The van der Waals surface area contributed by atoms with E-state index in [-0.39, 0.29) is 11.5 Å². The normalized spacial score (nSPS) is 9.72. The molecule has 18 heavy (non-hydrogen) atoms. The summed E-state index contributed by atoms with van der Waals surface area (Å²) < 4.78 is 9.70. The topological polar surface area (TPSA) is 64.6 Å². The van der Waals surface area contributed by atoms with Crippen LogP contribution < -0.4 is 10.1 Å². The van der Waals surface area contributed by atoms with Crippen molar-refractivity contribution in [3.8, 4) is 5.75 Å². The number of benzene rings is 1. The Morgan fingerprint density at radius 1 is 1.28 bits per heavy atom. The fourth-order valence-corrected chi connectivity index (χ4v) is 1.46. The van der Waals surface area contributed by atoms with Crippen molar-refractivity contribution >= 4 is 11.9 Å². The Labute approximate surface area is 106 Å². The molecule has 0 aromatic heterocycles. The summed E-state index contributed by atoms with van der Waals surface area (Å²) in [6.07, 6.45) is 0.853. The number of methoxy groups -OCH3 is 2. The molecule has 0 spiro atoms. The standard InChI is InChI=1S/C13H17NO4/c1-4-7-14-12(15)9-5-6-11(17-2)10(8-9)13(16)18-3/h5-6,8H,4,7H2,1-3H3,(H,14,15). The molecule has 0 bridgehead atoms. The van der Waals surface area contributed by atoms with Gasteiger partial charge in [0.25, 0.3) is 5.91 Å². The van der Waals surface area contributed by atoms with Gasteiger partial charge in [-0.15, -0.1) is 0 Å². The average molecular weight is 251 g/mol. The molecule has 1 rings (SSSR count). The van der Waals surface area contributed by atoms with Crippen LogP contribution in [0.25, 0.3) is 0 Å². The highest BCUT2D eigenvalue weighted by Gasteiger charge is 2.15. The van der Waals surface area contributed by atoms with E-state index in [2.05, 4.69) is 10.1 Å². The van der Waals surface area contributed by atoms with Gasteiger partial charge in [-0.25, -0.2) is 4.79 Å². The summed E-state index contributed by atoms with van der Waals surface area (Å²) in [5, 5.41) is 2.74. The smallest absolute Gasteiger partial charge is 0.341 e. The molecule has 0 aliphatic heterocycles. The summed E-state index contributed by atoms with van der Waals surface area (Å²) >= 11 is 0. The molecule has 0 radical (unpaired) electrons. The Bertz CT molecular complexity index is 443. The third-order valence-electron chi connectivity index (χ3n) is 2.40. The number of ether oxygens (including phenoxy) is 2. The van der Waals surface area contributed by atoms with E-state index in [4.69, 9.17) is 4.74 Å². The molecule has 0 heterocycles. The van der Waals surface area contributed by atoms with Gasteiger partial charge >= 0.3 is 5.97 Å². The second-order valence-corrected chi connectivity index (χ2v) is 3.66. The monoisotopic (exact) mass is 251 g/mol. The molecular weight excluding hydrogens is 234 g/mol. The lowest BCUT2D eigenvalue weighted by Crippen LogP contribution is -2.24. The number of carbonyl (C=O) groups is 2. The molecule has 5 heteroatoms. The Balaban J connectivity index is 3.02. The van der Waals surface area contributed by atoms with Crippen LogP contribution in [0.1, 0.15) is 34.1 Å². The molecular formula is C13H17NO4. The van der Waals surface area contributed by atoms with Crippen LogP contribution in [0.15, 0.2) is 18.2 Å². The quantitative estimate of drug-likeness (QED) is 0.808. The largest absolute Gasteiger partial charge is 0.496 e. The zero-order valence-electron chi connectivity index (χ0n) is 10.8.